The maximum Gasteiger partial charge on any atom is 0.139 e. The van der Waals surface area contributed by atoms with Crippen LogP contribution in [0.5, 0.6) is 5.75 Å². The van der Waals surface area contributed by atoms with Crippen LogP contribution in [0.4, 0.5) is 0 Å². The van der Waals surface area contributed by atoms with Crippen LogP contribution in [-0.4, -0.2) is 13.2 Å². The van der Waals surface area contributed by atoms with Crippen molar-refractivity contribution in [1.82, 2.24) is 5.32 Å². The molecule has 0 aliphatic heterocycles. The van der Waals surface area contributed by atoms with Crippen molar-refractivity contribution < 1.29 is 4.74 Å². The van der Waals surface area contributed by atoms with Crippen molar-refractivity contribution in [2.75, 3.05) is 13.2 Å². The first-order valence-corrected chi connectivity index (χ1v) is 8.24. The SMILES string of the molecule is CCCCC(NCCC)c1cc(Cl)c(OCC)cc1Cl. The summed E-state index contributed by atoms with van der Waals surface area (Å²) in [5.41, 5.74) is 1.07. The van der Waals surface area contributed by atoms with Crippen molar-refractivity contribution in [3.8, 4) is 5.75 Å². The second-order valence-corrected chi connectivity index (χ2v) is 5.70. The Kier molecular flexibility index (Phi) is 8.35. The molecule has 0 aliphatic carbocycles. The van der Waals surface area contributed by atoms with Crippen molar-refractivity contribution in [2.45, 2.75) is 52.5 Å². The third-order valence-electron chi connectivity index (χ3n) is 3.21. The highest BCUT2D eigenvalue weighted by Gasteiger charge is 2.16. The topological polar surface area (TPSA) is 21.3 Å². The van der Waals surface area contributed by atoms with Gasteiger partial charge in [-0.25, -0.2) is 0 Å². The zero-order valence-corrected chi connectivity index (χ0v) is 14.2. The van der Waals surface area contributed by atoms with E-state index in [2.05, 4.69) is 19.2 Å². The van der Waals surface area contributed by atoms with E-state index in [4.69, 9.17) is 27.9 Å². The predicted octanol–water partition coefficient (Wildman–Crippen LogP) is 5.62. The molecule has 114 valence electrons. The summed E-state index contributed by atoms with van der Waals surface area (Å²) in [6, 6.07) is 4.03. The van der Waals surface area contributed by atoms with E-state index in [1.54, 1.807) is 0 Å². The van der Waals surface area contributed by atoms with E-state index < -0.39 is 0 Å². The van der Waals surface area contributed by atoms with Gasteiger partial charge in [0.05, 0.1) is 11.6 Å². The highest BCUT2D eigenvalue weighted by atomic mass is 35.5. The van der Waals surface area contributed by atoms with Gasteiger partial charge >= 0.3 is 0 Å². The molecular formula is C16H25Cl2NO. The van der Waals surface area contributed by atoms with Gasteiger partial charge in [-0.1, -0.05) is 49.9 Å². The number of ether oxygens (including phenoxy) is 1. The number of unbranched alkanes of at least 4 members (excludes halogenated alkanes) is 1. The smallest absolute Gasteiger partial charge is 0.139 e. The minimum atomic E-state index is 0.260. The average molecular weight is 318 g/mol. The minimum Gasteiger partial charge on any atom is -0.492 e. The Morgan fingerprint density at radius 2 is 1.85 bits per heavy atom. The molecule has 1 unspecified atom stereocenters. The largest absolute Gasteiger partial charge is 0.492 e. The maximum absolute atomic E-state index is 6.41. The number of halogens is 2. The third-order valence-corrected chi connectivity index (χ3v) is 3.84. The van der Waals surface area contributed by atoms with Gasteiger partial charge in [-0.2, -0.15) is 0 Å². The summed E-state index contributed by atoms with van der Waals surface area (Å²) in [5, 5.41) is 4.91. The fraction of sp³-hybridized carbons (Fsp3) is 0.625. The normalized spacial score (nSPS) is 12.4. The van der Waals surface area contributed by atoms with Crippen LogP contribution in [-0.2, 0) is 0 Å². The van der Waals surface area contributed by atoms with Gasteiger partial charge in [0.2, 0.25) is 0 Å². The lowest BCUT2D eigenvalue weighted by molar-refractivity contribution is 0.340. The van der Waals surface area contributed by atoms with Crippen molar-refractivity contribution in [1.29, 1.82) is 0 Å². The van der Waals surface area contributed by atoms with E-state index in [1.807, 2.05) is 19.1 Å². The van der Waals surface area contributed by atoms with Crippen molar-refractivity contribution in [2.24, 2.45) is 0 Å². The molecule has 0 radical (unpaired) electrons. The molecule has 2 nitrogen and oxygen atoms in total. The molecule has 1 aromatic rings. The van der Waals surface area contributed by atoms with E-state index in [9.17, 15) is 0 Å². The maximum atomic E-state index is 6.41. The molecule has 0 bridgehead atoms. The molecule has 0 amide bonds. The van der Waals surface area contributed by atoms with Crippen molar-refractivity contribution in [3.05, 3.63) is 27.7 Å². The molecular weight excluding hydrogens is 293 g/mol. The third kappa shape index (κ3) is 5.16. The van der Waals surface area contributed by atoms with Crippen molar-refractivity contribution >= 4 is 23.2 Å². The van der Waals surface area contributed by atoms with E-state index in [1.165, 1.54) is 12.8 Å². The number of benzene rings is 1. The lowest BCUT2D eigenvalue weighted by Crippen LogP contribution is -2.22. The lowest BCUT2D eigenvalue weighted by Gasteiger charge is -2.21. The molecule has 0 saturated heterocycles. The molecule has 4 heteroatoms. The lowest BCUT2D eigenvalue weighted by atomic mass is 10.0. The molecule has 0 heterocycles. The Hall–Kier alpha value is -0.440. The van der Waals surface area contributed by atoms with Crippen LogP contribution in [0, 0.1) is 0 Å². The summed E-state index contributed by atoms with van der Waals surface area (Å²) in [5.74, 6) is 0.660. The monoisotopic (exact) mass is 317 g/mol. The molecule has 0 spiro atoms. The highest BCUT2D eigenvalue weighted by Crippen LogP contribution is 2.35. The fourth-order valence-corrected chi connectivity index (χ4v) is 2.68. The van der Waals surface area contributed by atoms with Gasteiger partial charge in [-0.3, -0.25) is 0 Å². The molecule has 0 aromatic heterocycles. The van der Waals surface area contributed by atoms with E-state index in [-0.39, 0.29) is 6.04 Å². The number of rotatable bonds is 9. The minimum absolute atomic E-state index is 0.260. The first-order valence-electron chi connectivity index (χ1n) is 7.49. The Morgan fingerprint density at radius 1 is 1.10 bits per heavy atom. The van der Waals surface area contributed by atoms with Gasteiger partial charge in [0.25, 0.3) is 0 Å². The van der Waals surface area contributed by atoms with Gasteiger partial charge in [-0.05, 0) is 37.9 Å². The molecule has 1 N–H and O–H groups in total. The van der Waals surface area contributed by atoms with Crippen LogP contribution in [0.2, 0.25) is 10.0 Å². The first kappa shape index (κ1) is 17.6. The molecule has 0 aliphatic rings. The highest BCUT2D eigenvalue weighted by molar-refractivity contribution is 6.34. The second kappa shape index (κ2) is 9.49. The van der Waals surface area contributed by atoms with Gasteiger partial charge in [-0.15, -0.1) is 0 Å². The Bertz CT molecular complexity index is 402. The number of hydrogen-bond acceptors (Lipinski definition) is 2. The Morgan fingerprint density at radius 3 is 2.45 bits per heavy atom. The summed E-state index contributed by atoms with van der Waals surface area (Å²) in [4.78, 5) is 0. The van der Waals surface area contributed by atoms with E-state index >= 15 is 0 Å². The number of nitrogens with one attached hydrogen (secondary N) is 1. The van der Waals surface area contributed by atoms with Crippen LogP contribution in [0.15, 0.2) is 12.1 Å². The van der Waals surface area contributed by atoms with Gasteiger partial charge < -0.3 is 10.1 Å². The Labute approximate surface area is 132 Å². The van der Waals surface area contributed by atoms with Gasteiger partial charge in [0, 0.05) is 17.1 Å². The Balaban J connectivity index is 2.96. The molecule has 0 saturated carbocycles. The van der Waals surface area contributed by atoms with Crippen LogP contribution < -0.4 is 10.1 Å². The predicted molar refractivity (Wildman–Crippen MR) is 88.2 cm³/mol. The molecule has 1 atom stereocenters. The first-order chi connectivity index (χ1) is 9.63. The van der Waals surface area contributed by atoms with Crippen LogP contribution in [0.3, 0.4) is 0 Å². The average Bonchev–Trinajstić information content (AvgIpc) is 2.43. The standard InChI is InChI=1S/C16H25Cl2NO/c1-4-7-8-15(19-9-5-2)12-10-14(18)16(20-6-3)11-13(12)17/h10-11,15,19H,4-9H2,1-3H3. The zero-order valence-electron chi connectivity index (χ0n) is 12.6. The van der Waals surface area contributed by atoms with Crippen molar-refractivity contribution in [3.63, 3.8) is 0 Å². The zero-order chi connectivity index (χ0) is 15.0. The summed E-state index contributed by atoms with van der Waals surface area (Å²) in [6.45, 7) is 7.86. The van der Waals surface area contributed by atoms with Gasteiger partial charge in [0.15, 0.2) is 0 Å². The number of hydrogen-bond donors (Lipinski definition) is 1. The van der Waals surface area contributed by atoms with E-state index in [0.717, 1.165) is 30.0 Å². The second-order valence-electron chi connectivity index (χ2n) is 4.89. The molecule has 1 rings (SSSR count). The summed E-state index contributed by atoms with van der Waals surface area (Å²) >= 11 is 12.7. The summed E-state index contributed by atoms with van der Waals surface area (Å²) < 4.78 is 5.48. The van der Waals surface area contributed by atoms with Crippen LogP contribution in [0.1, 0.15) is 58.1 Å². The quantitative estimate of drug-likeness (QED) is 0.638. The van der Waals surface area contributed by atoms with Crippen LogP contribution in [0.25, 0.3) is 0 Å². The van der Waals surface area contributed by atoms with Crippen LogP contribution >= 0.6 is 23.2 Å². The molecule has 1 aromatic carbocycles. The fourth-order valence-electron chi connectivity index (χ4n) is 2.17. The van der Waals surface area contributed by atoms with Gasteiger partial charge in [0.1, 0.15) is 5.75 Å². The van der Waals surface area contributed by atoms with E-state index in [0.29, 0.717) is 17.4 Å². The summed E-state index contributed by atoms with van der Waals surface area (Å²) in [6.07, 6.45) is 4.51. The molecule has 0 fully saturated rings. The molecule has 20 heavy (non-hydrogen) atoms. The summed E-state index contributed by atoms with van der Waals surface area (Å²) in [7, 11) is 0.